The monoisotopic (exact) mass is 429 g/mol. The lowest BCUT2D eigenvalue weighted by molar-refractivity contribution is 0.1000. The molecular formula is C25H23N3O2S. The van der Waals surface area contributed by atoms with Crippen molar-refractivity contribution < 1.29 is 9.53 Å². The molecule has 0 saturated heterocycles. The number of hydrogen-bond acceptors (Lipinski definition) is 5. The van der Waals surface area contributed by atoms with Gasteiger partial charge in [-0.2, -0.15) is 0 Å². The Bertz CT molecular complexity index is 1230. The highest BCUT2D eigenvalue weighted by molar-refractivity contribution is 7.17. The molecule has 6 heteroatoms. The van der Waals surface area contributed by atoms with E-state index in [2.05, 4.69) is 52.1 Å². The number of pyridine rings is 1. The number of hydrogen-bond donors (Lipinski definition) is 2. The first-order chi connectivity index (χ1) is 15.2. The van der Waals surface area contributed by atoms with Crippen LogP contribution >= 0.6 is 11.3 Å². The van der Waals surface area contributed by atoms with Crippen molar-refractivity contribution in [3.8, 4) is 11.6 Å². The lowest BCUT2D eigenvalue weighted by atomic mass is 9.87. The zero-order valence-corrected chi connectivity index (χ0v) is 17.8. The number of carbonyl (C=O) groups is 1. The van der Waals surface area contributed by atoms with E-state index in [1.807, 2.05) is 6.07 Å². The standard InChI is InChI=1S/C25H23N3O2S/c26-25(29)17-8-11-24(28-13-17)30-19-9-10-20-16(12-19)4-3-6-22(20)27-14-18-15-31-23-7-2-1-5-21(18)23/h1-2,5,7-13,15,22,27H,3-4,6,14H2,(H2,26,29). The molecule has 1 unspecified atom stereocenters. The molecule has 4 aromatic rings. The van der Waals surface area contributed by atoms with E-state index in [0.717, 1.165) is 31.6 Å². The van der Waals surface area contributed by atoms with E-state index < -0.39 is 5.91 Å². The Morgan fingerprint density at radius 2 is 2.10 bits per heavy atom. The molecule has 0 radical (unpaired) electrons. The van der Waals surface area contributed by atoms with Crippen LogP contribution in [0.5, 0.6) is 11.6 Å². The smallest absolute Gasteiger partial charge is 0.250 e. The van der Waals surface area contributed by atoms with Crippen LogP contribution in [0, 0.1) is 0 Å². The molecule has 0 bridgehead atoms. The van der Waals surface area contributed by atoms with Gasteiger partial charge in [-0.3, -0.25) is 4.79 Å². The SMILES string of the molecule is NC(=O)c1ccc(Oc2ccc3c(c2)CCCC3NCc2csc3ccccc23)nc1. The Morgan fingerprint density at radius 1 is 1.19 bits per heavy atom. The topological polar surface area (TPSA) is 77.2 Å². The molecule has 0 fully saturated rings. The first-order valence-corrected chi connectivity index (χ1v) is 11.3. The average molecular weight is 430 g/mol. The summed E-state index contributed by atoms with van der Waals surface area (Å²) in [5.41, 5.74) is 9.64. The van der Waals surface area contributed by atoms with Crippen LogP contribution < -0.4 is 15.8 Å². The molecule has 0 saturated carbocycles. The number of amides is 1. The van der Waals surface area contributed by atoms with Crippen molar-refractivity contribution in [2.45, 2.75) is 31.8 Å². The third kappa shape index (κ3) is 4.17. The second-order valence-corrected chi connectivity index (χ2v) is 8.71. The molecule has 5 nitrogen and oxygen atoms in total. The molecule has 156 valence electrons. The third-order valence-corrected chi connectivity index (χ3v) is 6.78. The van der Waals surface area contributed by atoms with Gasteiger partial charge in [0.05, 0.1) is 5.56 Å². The van der Waals surface area contributed by atoms with Crippen molar-refractivity contribution in [1.82, 2.24) is 10.3 Å². The lowest BCUT2D eigenvalue weighted by Gasteiger charge is -2.27. The van der Waals surface area contributed by atoms with Crippen LogP contribution in [-0.4, -0.2) is 10.9 Å². The summed E-state index contributed by atoms with van der Waals surface area (Å²) in [5, 5.41) is 7.37. The van der Waals surface area contributed by atoms with Gasteiger partial charge in [-0.15, -0.1) is 11.3 Å². The highest BCUT2D eigenvalue weighted by Gasteiger charge is 2.21. The van der Waals surface area contributed by atoms with Gasteiger partial charge >= 0.3 is 0 Å². The Balaban J connectivity index is 1.30. The number of primary amides is 1. The molecule has 1 aliphatic carbocycles. The van der Waals surface area contributed by atoms with Crippen molar-refractivity contribution in [2.24, 2.45) is 5.73 Å². The maximum atomic E-state index is 11.2. The maximum absolute atomic E-state index is 11.2. The Hall–Kier alpha value is -3.22. The van der Waals surface area contributed by atoms with Gasteiger partial charge < -0.3 is 15.8 Å². The van der Waals surface area contributed by atoms with Gasteiger partial charge in [0.1, 0.15) is 5.75 Å². The number of rotatable bonds is 6. The largest absolute Gasteiger partial charge is 0.439 e. The summed E-state index contributed by atoms with van der Waals surface area (Å²) in [4.78, 5) is 15.4. The molecule has 0 aliphatic heterocycles. The van der Waals surface area contributed by atoms with Crippen LogP contribution in [0.3, 0.4) is 0 Å². The van der Waals surface area contributed by atoms with Crippen molar-refractivity contribution in [3.63, 3.8) is 0 Å². The molecule has 0 spiro atoms. The maximum Gasteiger partial charge on any atom is 0.250 e. The minimum Gasteiger partial charge on any atom is -0.439 e. The van der Waals surface area contributed by atoms with E-state index >= 15 is 0 Å². The van der Waals surface area contributed by atoms with Crippen molar-refractivity contribution >= 4 is 27.3 Å². The van der Waals surface area contributed by atoms with E-state index in [1.165, 1.54) is 33.0 Å². The molecule has 31 heavy (non-hydrogen) atoms. The second-order valence-electron chi connectivity index (χ2n) is 7.79. The lowest BCUT2D eigenvalue weighted by Crippen LogP contribution is -2.24. The highest BCUT2D eigenvalue weighted by Crippen LogP contribution is 2.34. The van der Waals surface area contributed by atoms with Crippen LogP contribution in [0.25, 0.3) is 10.1 Å². The van der Waals surface area contributed by atoms with Gasteiger partial charge in [-0.05, 0) is 71.0 Å². The predicted molar refractivity (Wildman–Crippen MR) is 124 cm³/mol. The van der Waals surface area contributed by atoms with E-state index in [1.54, 1.807) is 23.5 Å². The highest BCUT2D eigenvalue weighted by atomic mass is 32.1. The Morgan fingerprint density at radius 3 is 2.94 bits per heavy atom. The number of aromatic nitrogens is 1. The van der Waals surface area contributed by atoms with Gasteiger partial charge in [-0.25, -0.2) is 4.98 Å². The molecular weight excluding hydrogens is 406 g/mol. The zero-order valence-electron chi connectivity index (χ0n) is 17.0. The second kappa shape index (κ2) is 8.49. The molecule has 2 aromatic carbocycles. The average Bonchev–Trinajstić information content (AvgIpc) is 3.21. The molecule has 2 aromatic heterocycles. The van der Waals surface area contributed by atoms with Gasteiger partial charge in [0, 0.05) is 29.5 Å². The fraction of sp³-hybridized carbons (Fsp3) is 0.200. The van der Waals surface area contributed by atoms with Crippen LogP contribution in [0.4, 0.5) is 0 Å². The van der Waals surface area contributed by atoms with Crippen molar-refractivity contribution in [2.75, 3.05) is 0 Å². The number of nitrogens with zero attached hydrogens (tertiary/aromatic N) is 1. The van der Waals surface area contributed by atoms with E-state index in [4.69, 9.17) is 10.5 Å². The summed E-state index contributed by atoms with van der Waals surface area (Å²) in [7, 11) is 0. The van der Waals surface area contributed by atoms with Crippen LogP contribution in [0.2, 0.25) is 0 Å². The first-order valence-electron chi connectivity index (χ1n) is 10.4. The third-order valence-electron chi connectivity index (χ3n) is 5.77. The number of carbonyl (C=O) groups excluding carboxylic acids is 1. The van der Waals surface area contributed by atoms with Gasteiger partial charge in [0.25, 0.3) is 0 Å². The number of nitrogens with one attached hydrogen (secondary N) is 1. The minimum absolute atomic E-state index is 0.337. The number of aryl methyl sites for hydroxylation is 1. The number of ether oxygens (including phenoxy) is 1. The van der Waals surface area contributed by atoms with Gasteiger partial charge in [0.15, 0.2) is 0 Å². The Labute approximate surface area is 184 Å². The molecule has 1 atom stereocenters. The summed E-state index contributed by atoms with van der Waals surface area (Å²) >= 11 is 1.80. The summed E-state index contributed by atoms with van der Waals surface area (Å²) in [6.07, 6.45) is 4.75. The number of benzene rings is 2. The number of fused-ring (bicyclic) bond motifs is 2. The fourth-order valence-corrected chi connectivity index (χ4v) is 5.14. The van der Waals surface area contributed by atoms with Gasteiger partial charge in [0.2, 0.25) is 11.8 Å². The van der Waals surface area contributed by atoms with Crippen LogP contribution in [0.1, 0.15) is 45.9 Å². The Kier molecular flexibility index (Phi) is 5.40. The molecule has 1 aliphatic rings. The quantitative estimate of drug-likeness (QED) is 0.433. The van der Waals surface area contributed by atoms with Crippen LogP contribution in [0.15, 0.2) is 66.2 Å². The van der Waals surface area contributed by atoms with E-state index in [-0.39, 0.29) is 0 Å². The molecule has 1 amide bonds. The minimum atomic E-state index is -0.498. The van der Waals surface area contributed by atoms with E-state index in [9.17, 15) is 4.79 Å². The van der Waals surface area contributed by atoms with E-state index in [0.29, 0.717) is 17.5 Å². The summed E-state index contributed by atoms with van der Waals surface area (Å²) in [6.45, 7) is 0.864. The molecule has 5 rings (SSSR count). The fourth-order valence-electron chi connectivity index (χ4n) is 4.18. The normalized spacial score (nSPS) is 15.5. The van der Waals surface area contributed by atoms with Crippen molar-refractivity contribution in [3.05, 3.63) is 88.4 Å². The number of thiophene rings is 1. The molecule has 2 heterocycles. The zero-order chi connectivity index (χ0) is 21.2. The summed E-state index contributed by atoms with van der Waals surface area (Å²) in [5.74, 6) is 0.698. The molecule has 3 N–H and O–H groups in total. The number of nitrogens with two attached hydrogens (primary N) is 1. The summed E-state index contributed by atoms with van der Waals surface area (Å²) < 4.78 is 7.23. The van der Waals surface area contributed by atoms with Gasteiger partial charge in [-0.1, -0.05) is 24.3 Å². The summed E-state index contributed by atoms with van der Waals surface area (Å²) in [6, 6.07) is 18.4. The first kappa shape index (κ1) is 19.7. The van der Waals surface area contributed by atoms with Crippen molar-refractivity contribution in [1.29, 1.82) is 0 Å². The predicted octanol–water partition coefficient (Wildman–Crippen LogP) is 5.35. The van der Waals surface area contributed by atoms with Crippen LogP contribution in [-0.2, 0) is 13.0 Å².